The second-order valence-corrected chi connectivity index (χ2v) is 7.59. The van der Waals surface area contributed by atoms with Gasteiger partial charge in [-0.15, -0.1) is 11.3 Å². The molecule has 2 aliphatic rings. The number of amides is 2. The molecule has 4 heterocycles. The summed E-state index contributed by atoms with van der Waals surface area (Å²) < 4.78 is 11.2. The van der Waals surface area contributed by atoms with Crippen molar-refractivity contribution in [2.24, 2.45) is 11.8 Å². The Hall–Kier alpha value is -2.12. The van der Waals surface area contributed by atoms with Gasteiger partial charge in [0, 0.05) is 23.9 Å². The molecule has 2 fully saturated rings. The van der Waals surface area contributed by atoms with Crippen LogP contribution in [0.15, 0.2) is 34.1 Å². The molecule has 0 aromatic carbocycles. The summed E-state index contributed by atoms with van der Waals surface area (Å²) in [5, 5.41) is 4.98. The van der Waals surface area contributed by atoms with Gasteiger partial charge in [-0.2, -0.15) is 0 Å². The summed E-state index contributed by atoms with van der Waals surface area (Å²) in [5.41, 5.74) is 0. The Kier molecular flexibility index (Phi) is 4.35. The topological polar surface area (TPSA) is 71.8 Å². The molecule has 2 amide bonds. The number of furan rings is 1. The third kappa shape index (κ3) is 3.21. The standard InChI is InChI=1S/C18H20N2O4S/c1-11-4-5-15(24-11)18(22)20-8-13-14(10-23-16(13)9-20)17(21)19-7-12-3-2-6-25-12/h2-6,13-14,16H,7-10H2,1H3,(H,19,21)/t13-,14+,16-/m1/s1. The van der Waals surface area contributed by atoms with Crippen LogP contribution in [0.4, 0.5) is 0 Å². The van der Waals surface area contributed by atoms with E-state index in [0.717, 1.165) is 4.88 Å². The molecule has 6 nitrogen and oxygen atoms in total. The number of hydrogen-bond acceptors (Lipinski definition) is 5. The lowest BCUT2D eigenvalue weighted by Gasteiger charge is -2.18. The zero-order valence-corrected chi connectivity index (χ0v) is 14.8. The minimum absolute atomic E-state index is 0.00374. The van der Waals surface area contributed by atoms with Gasteiger partial charge in [-0.05, 0) is 30.5 Å². The van der Waals surface area contributed by atoms with Crippen molar-refractivity contribution in [2.75, 3.05) is 19.7 Å². The van der Waals surface area contributed by atoms with Gasteiger partial charge in [0.2, 0.25) is 5.91 Å². The number of nitrogens with zero attached hydrogens (tertiary/aromatic N) is 1. The monoisotopic (exact) mass is 360 g/mol. The van der Waals surface area contributed by atoms with Crippen LogP contribution in [0.1, 0.15) is 21.2 Å². The van der Waals surface area contributed by atoms with Crippen LogP contribution in [-0.2, 0) is 16.1 Å². The quantitative estimate of drug-likeness (QED) is 0.906. The first kappa shape index (κ1) is 16.4. The van der Waals surface area contributed by atoms with Gasteiger partial charge in [-0.3, -0.25) is 9.59 Å². The Morgan fingerprint density at radius 2 is 2.20 bits per heavy atom. The summed E-state index contributed by atoms with van der Waals surface area (Å²) in [6.07, 6.45) is -0.0718. The first-order chi connectivity index (χ1) is 12.1. The second-order valence-electron chi connectivity index (χ2n) is 6.56. The van der Waals surface area contributed by atoms with Crippen molar-refractivity contribution < 1.29 is 18.7 Å². The maximum atomic E-state index is 12.5. The highest BCUT2D eigenvalue weighted by molar-refractivity contribution is 7.09. The van der Waals surface area contributed by atoms with Crippen molar-refractivity contribution in [3.8, 4) is 0 Å². The van der Waals surface area contributed by atoms with Crippen LogP contribution in [0.5, 0.6) is 0 Å². The van der Waals surface area contributed by atoms with Gasteiger partial charge in [0.15, 0.2) is 5.76 Å². The molecule has 0 saturated carbocycles. The highest BCUT2D eigenvalue weighted by atomic mass is 32.1. The van der Waals surface area contributed by atoms with E-state index in [9.17, 15) is 9.59 Å². The molecule has 0 spiro atoms. The number of thiophene rings is 1. The van der Waals surface area contributed by atoms with E-state index in [1.165, 1.54) is 0 Å². The lowest BCUT2D eigenvalue weighted by atomic mass is 9.92. The third-order valence-corrected chi connectivity index (χ3v) is 5.78. The summed E-state index contributed by atoms with van der Waals surface area (Å²) in [5.74, 6) is 0.762. The Labute approximate surface area is 149 Å². The molecule has 0 aliphatic carbocycles. The average molecular weight is 360 g/mol. The zero-order valence-electron chi connectivity index (χ0n) is 13.9. The normalized spacial score (nSPS) is 25.2. The summed E-state index contributed by atoms with van der Waals surface area (Å²) in [4.78, 5) is 27.9. The molecule has 2 aliphatic heterocycles. The maximum Gasteiger partial charge on any atom is 0.289 e. The molecule has 2 saturated heterocycles. The number of aryl methyl sites for hydroxylation is 1. The van der Waals surface area contributed by atoms with Crippen LogP contribution in [-0.4, -0.2) is 42.5 Å². The van der Waals surface area contributed by atoms with Gasteiger partial charge in [-0.1, -0.05) is 6.07 Å². The van der Waals surface area contributed by atoms with Crippen LogP contribution < -0.4 is 5.32 Å². The van der Waals surface area contributed by atoms with Crippen molar-refractivity contribution >= 4 is 23.2 Å². The van der Waals surface area contributed by atoms with Crippen molar-refractivity contribution in [2.45, 2.75) is 19.6 Å². The molecule has 132 valence electrons. The number of ether oxygens (including phenoxy) is 1. The predicted octanol–water partition coefficient (Wildman–Crippen LogP) is 2.05. The molecular formula is C18H20N2O4S. The SMILES string of the molecule is Cc1ccc(C(=O)N2C[C@@H]3[C@@H](C(=O)NCc4cccs4)CO[C@@H]3C2)o1. The number of hydrogen-bond donors (Lipinski definition) is 1. The largest absolute Gasteiger partial charge is 0.456 e. The smallest absolute Gasteiger partial charge is 0.289 e. The number of carbonyl (C=O) groups excluding carboxylic acids is 2. The molecule has 0 unspecified atom stereocenters. The third-order valence-electron chi connectivity index (χ3n) is 4.91. The molecular weight excluding hydrogens is 340 g/mol. The first-order valence-corrected chi connectivity index (χ1v) is 9.27. The van der Waals surface area contributed by atoms with Gasteiger partial charge in [0.25, 0.3) is 5.91 Å². The van der Waals surface area contributed by atoms with E-state index < -0.39 is 0 Å². The highest BCUT2D eigenvalue weighted by Gasteiger charge is 2.48. The first-order valence-electron chi connectivity index (χ1n) is 8.39. The number of likely N-dealkylation sites (tertiary alicyclic amines) is 1. The van der Waals surface area contributed by atoms with Crippen molar-refractivity contribution in [3.05, 3.63) is 46.0 Å². The number of fused-ring (bicyclic) bond motifs is 1. The van der Waals surface area contributed by atoms with E-state index in [-0.39, 0.29) is 29.8 Å². The number of carbonyl (C=O) groups is 2. The Balaban J connectivity index is 1.37. The summed E-state index contributed by atoms with van der Waals surface area (Å²) in [6, 6.07) is 7.44. The van der Waals surface area contributed by atoms with Crippen LogP contribution in [0.25, 0.3) is 0 Å². The summed E-state index contributed by atoms with van der Waals surface area (Å²) in [6.45, 7) is 3.82. The van der Waals surface area contributed by atoms with Gasteiger partial charge in [-0.25, -0.2) is 0 Å². The fourth-order valence-electron chi connectivity index (χ4n) is 3.57. The molecule has 0 bridgehead atoms. The minimum atomic E-state index is -0.207. The molecule has 0 radical (unpaired) electrons. The fraction of sp³-hybridized carbons (Fsp3) is 0.444. The van der Waals surface area contributed by atoms with Crippen LogP contribution in [0.3, 0.4) is 0 Å². The predicted molar refractivity (Wildman–Crippen MR) is 92.2 cm³/mol. The molecule has 25 heavy (non-hydrogen) atoms. The van der Waals surface area contributed by atoms with E-state index in [2.05, 4.69) is 5.32 Å². The van der Waals surface area contributed by atoms with Crippen LogP contribution >= 0.6 is 11.3 Å². The maximum absolute atomic E-state index is 12.5. The van der Waals surface area contributed by atoms with Gasteiger partial charge in [0.1, 0.15) is 5.76 Å². The fourth-order valence-corrected chi connectivity index (χ4v) is 4.22. The molecule has 2 aromatic rings. The van der Waals surface area contributed by atoms with Crippen molar-refractivity contribution in [1.82, 2.24) is 10.2 Å². The molecule has 1 N–H and O–H groups in total. The Morgan fingerprint density at radius 1 is 1.32 bits per heavy atom. The Bertz CT molecular complexity index is 770. The van der Waals surface area contributed by atoms with E-state index in [1.807, 2.05) is 24.4 Å². The summed E-state index contributed by atoms with van der Waals surface area (Å²) in [7, 11) is 0. The average Bonchev–Trinajstić information content (AvgIpc) is 3.35. The minimum Gasteiger partial charge on any atom is -0.456 e. The lowest BCUT2D eigenvalue weighted by molar-refractivity contribution is -0.126. The zero-order chi connectivity index (χ0) is 17.4. The lowest BCUT2D eigenvalue weighted by Crippen LogP contribution is -2.37. The molecule has 7 heteroatoms. The highest BCUT2D eigenvalue weighted by Crippen LogP contribution is 2.34. The number of rotatable bonds is 4. The van der Waals surface area contributed by atoms with E-state index >= 15 is 0 Å². The van der Waals surface area contributed by atoms with Gasteiger partial charge in [0.05, 0.1) is 25.2 Å². The van der Waals surface area contributed by atoms with Crippen molar-refractivity contribution in [1.29, 1.82) is 0 Å². The molecule has 4 rings (SSSR count). The summed E-state index contributed by atoms with van der Waals surface area (Å²) >= 11 is 1.62. The number of nitrogens with one attached hydrogen (secondary N) is 1. The molecule has 2 aromatic heterocycles. The van der Waals surface area contributed by atoms with E-state index in [1.54, 1.807) is 28.4 Å². The Morgan fingerprint density at radius 3 is 2.92 bits per heavy atom. The van der Waals surface area contributed by atoms with E-state index in [0.29, 0.717) is 37.8 Å². The van der Waals surface area contributed by atoms with Gasteiger partial charge >= 0.3 is 0 Å². The van der Waals surface area contributed by atoms with Crippen LogP contribution in [0.2, 0.25) is 0 Å². The van der Waals surface area contributed by atoms with Gasteiger partial charge < -0.3 is 19.4 Å². The molecule has 3 atom stereocenters. The second kappa shape index (κ2) is 6.65. The van der Waals surface area contributed by atoms with Crippen molar-refractivity contribution in [3.63, 3.8) is 0 Å². The van der Waals surface area contributed by atoms with E-state index in [4.69, 9.17) is 9.15 Å². The van der Waals surface area contributed by atoms with Crippen LogP contribution in [0, 0.1) is 18.8 Å².